The van der Waals surface area contributed by atoms with Gasteiger partial charge in [0.25, 0.3) is 0 Å². The van der Waals surface area contributed by atoms with Crippen molar-refractivity contribution in [1.82, 2.24) is 0 Å². The lowest BCUT2D eigenvalue weighted by molar-refractivity contribution is -0.0187. The summed E-state index contributed by atoms with van der Waals surface area (Å²) < 4.78 is 16.2. The number of hydrogen-bond donors (Lipinski definition) is 0. The van der Waals surface area contributed by atoms with Crippen LogP contribution in [0.25, 0.3) is 0 Å². The minimum Gasteiger partial charge on any atom is -0.379 e. The van der Waals surface area contributed by atoms with Gasteiger partial charge >= 0.3 is 0 Å². The molecule has 0 saturated carbocycles. The van der Waals surface area contributed by atoms with E-state index < -0.39 is 0 Å². The summed E-state index contributed by atoms with van der Waals surface area (Å²) in [6.45, 7) is 12.0. The molecule has 0 aliphatic rings. The second-order valence-electron chi connectivity index (χ2n) is 4.04. The number of hydrogen-bond acceptors (Lipinski definition) is 3. The highest BCUT2D eigenvalue weighted by Crippen LogP contribution is 2.04. The molecule has 0 heterocycles. The first-order chi connectivity index (χ1) is 7.18. The fraction of sp³-hybridized carbons (Fsp3) is 1.00. The van der Waals surface area contributed by atoms with Gasteiger partial charge in [-0.3, -0.25) is 0 Å². The SMILES string of the molecule is CCCOCCOCCOC(C)C(C)C. The van der Waals surface area contributed by atoms with Crippen molar-refractivity contribution >= 4 is 0 Å². The van der Waals surface area contributed by atoms with Crippen molar-refractivity contribution in [2.45, 2.75) is 40.2 Å². The average Bonchev–Trinajstić information content (AvgIpc) is 2.21. The lowest BCUT2D eigenvalue weighted by Crippen LogP contribution is -2.19. The number of rotatable bonds is 10. The molecule has 0 aliphatic heterocycles. The molecule has 0 N–H and O–H groups in total. The smallest absolute Gasteiger partial charge is 0.0704 e. The molecule has 0 rings (SSSR count). The Morgan fingerprint density at radius 1 is 0.800 bits per heavy atom. The van der Waals surface area contributed by atoms with Gasteiger partial charge in [-0.1, -0.05) is 20.8 Å². The van der Waals surface area contributed by atoms with Gasteiger partial charge in [-0.25, -0.2) is 0 Å². The molecular formula is C12H26O3. The van der Waals surface area contributed by atoms with E-state index in [2.05, 4.69) is 27.7 Å². The molecule has 1 unspecified atom stereocenters. The zero-order valence-electron chi connectivity index (χ0n) is 10.6. The molecule has 0 aliphatic carbocycles. The molecule has 0 radical (unpaired) electrons. The second-order valence-corrected chi connectivity index (χ2v) is 4.04. The Morgan fingerprint density at radius 3 is 1.87 bits per heavy atom. The lowest BCUT2D eigenvalue weighted by atomic mass is 10.1. The van der Waals surface area contributed by atoms with Crippen molar-refractivity contribution in [3.8, 4) is 0 Å². The third-order valence-electron chi connectivity index (χ3n) is 2.27. The third-order valence-corrected chi connectivity index (χ3v) is 2.27. The summed E-state index contributed by atoms with van der Waals surface area (Å²) in [7, 11) is 0. The van der Waals surface area contributed by atoms with Gasteiger partial charge in [0.2, 0.25) is 0 Å². The molecule has 15 heavy (non-hydrogen) atoms. The molecule has 0 aromatic heterocycles. The van der Waals surface area contributed by atoms with E-state index in [1.54, 1.807) is 0 Å². The van der Waals surface area contributed by atoms with E-state index in [0.29, 0.717) is 38.4 Å². The summed E-state index contributed by atoms with van der Waals surface area (Å²) in [5.41, 5.74) is 0. The van der Waals surface area contributed by atoms with Crippen molar-refractivity contribution in [2.75, 3.05) is 33.0 Å². The topological polar surface area (TPSA) is 27.7 Å². The fourth-order valence-electron chi connectivity index (χ4n) is 0.952. The summed E-state index contributed by atoms with van der Waals surface area (Å²) in [5.74, 6) is 0.567. The Hall–Kier alpha value is -0.120. The Balaban J connectivity index is 3.05. The third kappa shape index (κ3) is 10.2. The molecular weight excluding hydrogens is 192 g/mol. The van der Waals surface area contributed by atoms with Crippen LogP contribution in [-0.4, -0.2) is 39.1 Å². The standard InChI is InChI=1S/C12H26O3/c1-5-6-13-7-8-14-9-10-15-12(4)11(2)3/h11-12H,5-10H2,1-4H3. The summed E-state index contributed by atoms with van der Waals surface area (Å²) in [6.07, 6.45) is 1.37. The first-order valence-corrected chi connectivity index (χ1v) is 5.95. The number of ether oxygens (including phenoxy) is 3. The van der Waals surface area contributed by atoms with Crippen LogP contribution in [0.1, 0.15) is 34.1 Å². The van der Waals surface area contributed by atoms with E-state index in [9.17, 15) is 0 Å². The van der Waals surface area contributed by atoms with E-state index in [0.717, 1.165) is 13.0 Å². The maximum absolute atomic E-state index is 5.57. The highest BCUT2D eigenvalue weighted by atomic mass is 16.5. The van der Waals surface area contributed by atoms with Gasteiger partial charge in [0, 0.05) is 6.61 Å². The molecule has 0 bridgehead atoms. The molecule has 0 saturated heterocycles. The Labute approximate surface area is 94.1 Å². The average molecular weight is 218 g/mol. The van der Waals surface area contributed by atoms with E-state index in [1.165, 1.54) is 0 Å². The van der Waals surface area contributed by atoms with E-state index >= 15 is 0 Å². The quantitative estimate of drug-likeness (QED) is 0.527. The predicted octanol–water partition coefficient (Wildman–Crippen LogP) is 2.49. The van der Waals surface area contributed by atoms with Crippen molar-refractivity contribution < 1.29 is 14.2 Å². The van der Waals surface area contributed by atoms with Crippen molar-refractivity contribution in [1.29, 1.82) is 0 Å². The summed E-state index contributed by atoms with van der Waals surface area (Å²) in [6, 6.07) is 0. The molecule has 0 aromatic carbocycles. The van der Waals surface area contributed by atoms with Crippen molar-refractivity contribution in [3.63, 3.8) is 0 Å². The molecule has 0 spiro atoms. The molecule has 3 nitrogen and oxygen atoms in total. The van der Waals surface area contributed by atoms with Crippen LogP contribution in [-0.2, 0) is 14.2 Å². The minimum atomic E-state index is 0.310. The zero-order valence-corrected chi connectivity index (χ0v) is 10.6. The molecule has 1 atom stereocenters. The van der Waals surface area contributed by atoms with E-state index in [4.69, 9.17) is 14.2 Å². The van der Waals surface area contributed by atoms with E-state index in [1.807, 2.05) is 0 Å². The van der Waals surface area contributed by atoms with Gasteiger partial charge in [-0.15, -0.1) is 0 Å². The van der Waals surface area contributed by atoms with Crippen LogP contribution < -0.4 is 0 Å². The Kier molecular flexibility index (Phi) is 10.3. The predicted molar refractivity (Wildman–Crippen MR) is 62.2 cm³/mol. The first-order valence-electron chi connectivity index (χ1n) is 5.95. The minimum absolute atomic E-state index is 0.310. The van der Waals surface area contributed by atoms with Crippen LogP contribution in [0, 0.1) is 5.92 Å². The highest BCUT2D eigenvalue weighted by molar-refractivity contribution is 4.53. The van der Waals surface area contributed by atoms with E-state index in [-0.39, 0.29) is 0 Å². The van der Waals surface area contributed by atoms with Gasteiger partial charge in [-0.2, -0.15) is 0 Å². The highest BCUT2D eigenvalue weighted by Gasteiger charge is 2.05. The van der Waals surface area contributed by atoms with Crippen molar-refractivity contribution in [2.24, 2.45) is 5.92 Å². The van der Waals surface area contributed by atoms with Crippen LogP contribution in [0.2, 0.25) is 0 Å². The molecule has 0 amide bonds. The normalized spacial score (nSPS) is 13.4. The second kappa shape index (κ2) is 10.4. The summed E-state index contributed by atoms with van der Waals surface area (Å²) in [5, 5.41) is 0. The van der Waals surface area contributed by atoms with Gasteiger partial charge in [-0.05, 0) is 19.3 Å². The van der Waals surface area contributed by atoms with Crippen molar-refractivity contribution in [3.05, 3.63) is 0 Å². The molecule has 92 valence electrons. The lowest BCUT2D eigenvalue weighted by Gasteiger charge is -2.16. The monoisotopic (exact) mass is 218 g/mol. The maximum Gasteiger partial charge on any atom is 0.0704 e. The van der Waals surface area contributed by atoms with Gasteiger partial charge in [0.05, 0.1) is 32.5 Å². The van der Waals surface area contributed by atoms with Gasteiger partial charge < -0.3 is 14.2 Å². The Morgan fingerprint density at radius 2 is 1.33 bits per heavy atom. The summed E-state index contributed by atoms with van der Waals surface area (Å²) >= 11 is 0. The zero-order chi connectivity index (χ0) is 11.5. The molecule has 0 aromatic rings. The van der Waals surface area contributed by atoms with Gasteiger partial charge in [0.15, 0.2) is 0 Å². The van der Waals surface area contributed by atoms with Crippen LogP contribution in [0.4, 0.5) is 0 Å². The first kappa shape index (κ1) is 14.9. The Bertz CT molecular complexity index is 126. The van der Waals surface area contributed by atoms with Crippen LogP contribution in [0.3, 0.4) is 0 Å². The summed E-state index contributed by atoms with van der Waals surface area (Å²) in [4.78, 5) is 0. The molecule has 3 heteroatoms. The largest absolute Gasteiger partial charge is 0.379 e. The fourth-order valence-corrected chi connectivity index (χ4v) is 0.952. The van der Waals surface area contributed by atoms with Gasteiger partial charge in [0.1, 0.15) is 0 Å². The molecule has 0 fully saturated rings. The maximum atomic E-state index is 5.57. The van der Waals surface area contributed by atoms with Crippen LogP contribution in [0.15, 0.2) is 0 Å². The van der Waals surface area contributed by atoms with Crippen LogP contribution in [0.5, 0.6) is 0 Å². The van der Waals surface area contributed by atoms with Crippen LogP contribution >= 0.6 is 0 Å².